The van der Waals surface area contributed by atoms with Gasteiger partial charge in [-0.2, -0.15) is 0 Å². The van der Waals surface area contributed by atoms with Crippen LogP contribution in [-0.2, 0) is 4.79 Å². The number of benzene rings is 1. The number of hydrogen-bond donors (Lipinski definition) is 1. The van der Waals surface area contributed by atoms with Crippen molar-refractivity contribution in [3.05, 3.63) is 45.6 Å². The molecule has 3 nitrogen and oxygen atoms in total. The number of nitrogens with one attached hydrogen (secondary N) is 1. The van der Waals surface area contributed by atoms with Gasteiger partial charge in [0, 0.05) is 24.7 Å². The summed E-state index contributed by atoms with van der Waals surface area (Å²) in [5.74, 6) is 0.0942. The maximum atomic E-state index is 13.3. The van der Waals surface area contributed by atoms with E-state index in [1.165, 1.54) is 25.7 Å². The number of rotatable bonds is 5. The summed E-state index contributed by atoms with van der Waals surface area (Å²) in [4.78, 5) is 15.7. The van der Waals surface area contributed by atoms with Crippen LogP contribution >= 0.6 is 23.2 Å². The van der Waals surface area contributed by atoms with Gasteiger partial charge in [-0.15, -0.1) is 0 Å². The molecule has 5 heteroatoms. The lowest BCUT2D eigenvalue weighted by Gasteiger charge is -2.37. The fourth-order valence-electron chi connectivity index (χ4n) is 5.15. The average molecular weight is 421 g/mol. The van der Waals surface area contributed by atoms with Crippen molar-refractivity contribution in [1.29, 1.82) is 0 Å². The molecule has 1 aromatic carbocycles. The zero-order valence-electron chi connectivity index (χ0n) is 16.9. The lowest BCUT2D eigenvalue weighted by Crippen LogP contribution is -2.42. The van der Waals surface area contributed by atoms with Gasteiger partial charge in [-0.25, -0.2) is 0 Å². The first-order valence-corrected chi connectivity index (χ1v) is 11.2. The minimum absolute atomic E-state index is 0.000531. The standard InChI is InChI=1S/C23H30Cl2N2O/c1-14-6-9-18(24)20(25)19(14)21(23(3)10-4-5-11-23)26-22(28)16-12-15(2)27(13-16)17-7-8-17/h6,9,16-17,21H,2,4-5,7-8,10-13H2,1,3H3,(H,26,28)/t16-,21-/m1/s1. The Hall–Kier alpha value is -1.19. The third-order valence-corrected chi connectivity index (χ3v) is 7.85. The summed E-state index contributed by atoms with van der Waals surface area (Å²) < 4.78 is 0. The molecule has 3 fully saturated rings. The molecule has 0 aromatic heterocycles. The Kier molecular flexibility index (Phi) is 5.43. The molecule has 0 unspecified atom stereocenters. The van der Waals surface area contributed by atoms with Crippen molar-refractivity contribution < 1.29 is 4.79 Å². The van der Waals surface area contributed by atoms with Crippen molar-refractivity contribution in [3.63, 3.8) is 0 Å². The van der Waals surface area contributed by atoms with Gasteiger partial charge in [0.1, 0.15) is 0 Å². The van der Waals surface area contributed by atoms with E-state index >= 15 is 0 Å². The number of carbonyl (C=O) groups excluding carboxylic acids is 1. The molecule has 1 saturated heterocycles. The van der Waals surface area contributed by atoms with Gasteiger partial charge in [0.2, 0.25) is 5.91 Å². The molecule has 2 saturated carbocycles. The molecule has 1 N–H and O–H groups in total. The molecular formula is C23H30Cl2N2O. The summed E-state index contributed by atoms with van der Waals surface area (Å²) in [5.41, 5.74) is 3.19. The molecule has 1 heterocycles. The Morgan fingerprint density at radius 1 is 1.29 bits per heavy atom. The van der Waals surface area contributed by atoms with Crippen LogP contribution in [0.2, 0.25) is 10.0 Å². The fourth-order valence-corrected chi connectivity index (χ4v) is 5.63. The van der Waals surface area contributed by atoms with Gasteiger partial charge < -0.3 is 10.2 Å². The van der Waals surface area contributed by atoms with Crippen molar-refractivity contribution in [1.82, 2.24) is 10.2 Å². The molecule has 1 aliphatic heterocycles. The maximum absolute atomic E-state index is 13.3. The quantitative estimate of drug-likeness (QED) is 0.629. The number of allylic oxidation sites excluding steroid dienone is 1. The van der Waals surface area contributed by atoms with Crippen molar-refractivity contribution in [2.45, 2.75) is 70.9 Å². The highest BCUT2D eigenvalue weighted by Gasteiger charge is 2.43. The summed E-state index contributed by atoms with van der Waals surface area (Å²) in [5, 5.41) is 4.55. The van der Waals surface area contributed by atoms with Crippen LogP contribution in [0.15, 0.2) is 24.4 Å². The minimum atomic E-state index is -0.114. The summed E-state index contributed by atoms with van der Waals surface area (Å²) in [6, 6.07) is 4.34. The monoisotopic (exact) mass is 420 g/mol. The van der Waals surface area contributed by atoms with E-state index in [-0.39, 0.29) is 23.3 Å². The van der Waals surface area contributed by atoms with E-state index in [0.29, 0.717) is 16.1 Å². The third kappa shape index (κ3) is 3.68. The molecule has 4 rings (SSSR count). The number of amides is 1. The Bertz CT molecular complexity index is 796. The third-order valence-electron chi connectivity index (χ3n) is 7.03. The highest BCUT2D eigenvalue weighted by molar-refractivity contribution is 6.42. The lowest BCUT2D eigenvalue weighted by atomic mass is 9.76. The Balaban J connectivity index is 1.61. The van der Waals surface area contributed by atoms with Gasteiger partial charge in [0.15, 0.2) is 0 Å². The van der Waals surface area contributed by atoms with Crippen molar-refractivity contribution in [2.24, 2.45) is 11.3 Å². The first-order chi connectivity index (χ1) is 13.3. The van der Waals surface area contributed by atoms with E-state index < -0.39 is 0 Å². The molecule has 28 heavy (non-hydrogen) atoms. The zero-order chi connectivity index (χ0) is 20.1. The predicted octanol–water partition coefficient (Wildman–Crippen LogP) is 6.04. The Morgan fingerprint density at radius 2 is 1.96 bits per heavy atom. The van der Waals surface area contributed by atoms with E-state index in [1.54, 1.807) is 0 Å². The van der Waals surface area contributed by atoms with Crippen LogP contribution in [0.5, 0.6) is 0 Å². The van der Waals surface area contributed by atoms with E-state index in [4.69, 9.17) is 23.2 Å². The fraction of sp³-hybridized carbons (Fsp3) is 0.609. The largest absolute Gasteiger partial charge is 0.371 e. The van der Waals surface area contributed by atoms with Crippen LogP contribution in [0.1, 0.15) is 69.0 Å². The molecule has 0 bridgehead atoms. The number of nitrogens with zero attached hydrogens (tertiary/aromatic N) is 1. The number of hydrogen-bond acceptors (Lipinski definition) is 2. The van der Waals surface area contributed by atoms with Gasteiger partial charge in [0.05, 0.1) is 22.0 Å². The molecule has 152 valence electrons. The van der Waals surface area contributed by atoms with Gasteiger partial charge in [0.25, 0.3) is 0 Å². The molecule has 2 atom stereocenters. The molecule has 3 aliphatic rings. The molecule has 0 radical (unpaired) electrons. The maximum Gasteiger partial charge on any atom is 0.225 e. The molecule has 1 aromatic rings. The summed E-state index contributed by atoms with van der Waals surface area (Å²) >= 11 is 13.0. The van der Waals surface area contributed by atoms with Gasteiger partial charge in [-0.1, -0.05) is 55.6 Å². The summed E-state index contributed by atoms with van der Waals surface area (Å²) in [7, 11) is 0. The van der Waals surface area contributed by atoms with E-state index in [1.807, 2.05) is 12.1 Å². The number of carbonyl (C=O) groups is 1. The van der Waals surface area contributed by atoms with Crippen LogP contribution in [0.25, 0.3) is 0 Å². The number of likely N-dealkylation sites (tertiary alicyclic amines) is 1. The summed E-state index contributed by atoms with van der Waals surface area (Å²) in [6.07, 6.45) is 7.77. The van der Waals surface area contributed by atoms with Crippen LogP contribution in [-0.4, -0.2) is 23.4 Å². The van der Waals surface area contributed by atoms with Crippen molar-refractivity contribution in [3.8, 4) is 0 Å². The van der Waals surface area contributed by atoms with Gasteiger partial charge in [-0.05, 0) is 55.2 Å². The lowest BCUT2D eigenvalue weighted by molar-refractivity contribution is -0.126. The zero-order valence-corrected chi connectivity index (χ0v) is 18.4. The van der Waals surface area contributed by atoms with Crippen LogP contribution in [0.4, 0.5) is 0 Å². The van der Waals surface area contributed by atoms with Crippen molar-refractivity contribution in [2.75, 3.05) is 6.54 Å². The molecule has 0 spiro atoms. The van der Waals surface area contributed by atoms with Crippen LogP contribution in [0.3, 0.4) is 0 Å². The SMILES string of the molecule is C=C1C[C@@H](C(=O)N[C@H](c2c(C)ccc(Cl)c2Cl)C2(C)CCCC2)CN1C1CC1. The van der Waals surface area contributed by atoms with Gasteiger partial charge in [-0.3, -0.25) is 4.79 Å². The van der Waals surface area contributed by atoms with Crippen LogP contribution < -0.4 is 5.32 Å². The second-order valence-electron chi connectivity index (χ2n) is 9.25. The predicted molar refractivity (Wildman–Crippen MR) is 116 cm³/mol. The van der Waals surface area contributed by atoms with Crippen LogP contribution in [0, 0.1) is 18.3 Å². The van der Waals surface area contributed by atoms with E-state index in [2.05, 4.69) is 30.6 Å². The minimum Gasteiger partial charge on any atom is -0.371 e. The van der Waals surface area contributed by atoms with Gasteiger partial charge >= 0.3 is 0 Å². The first-order valence-electron chi connectivity index (χ1n) is 10.5. The molecule has 2 aliphatic carbocycles. The van der Waals surface area contributed by atoms with E-state index in [0.717, 1.165) is 42.6 Å². The molecular weight excluding hydrogens is 391 g/mol. The second-order valence-corrected chi connectivity index (χ2v) is 10.0. The number of halogens is 2. The average Bonchev–Trinajstić information content (AvgIpc) is 3.28. The highest BCUT2D eigenvalue weighted by atomic mass is 35.5. The van der Waals surface area contributed by atoms with Crippen molar-refractivity contribution >= 4 is 29.1 Å². The first kappa shape index (κ1) is 20.1. The second kappa shape index (κ2) is 7.57. The number of aryl methyl sites for hydroxylation is 1. The van der Waals surface area contributed by atoms with E-state index in [9.17, 15) is 4.79 Å². The molecule has 1 amide bonds. The Morgan fingerprint density at radius 3 is 2.61 bits per heavy atom. The highest BCUT2D eigenvalue weighted by Crippen LogP contribution is 2.50. The summed E-state index contributed by atoms with van der Waals surface area (Å²) in [6.45, 7) is 9.34. The normalized spacial score (nSPS) is 25.2. The topological polar surface area (TPSA) is 32.3 Å². The smallest absolute Gasteiger partial charge is 0.225 e. The Labute approximate surface area is 178 Å².